The second-order valence-corrected chi connectivity index (χ2v) is 8.32. The van der Waals surface area contributed by atoms with E-state index in [1.165, 1.54) is 23.0 Å². The highest BCUT2D eigenvalue weighted by atomic mass is 32.1. The van der Waals surface area contributed by atoms with E-state index in [1.54, 1.807) is 32.4 Å². The fraction of sp³-hybridized carbons (Fsp3) is 0.200. The predicted molar refractivity (Wildman–Crippen MR) is 126 cm³/mol. The third-order valence-corrected chi connectivity index (χ3v) is 6.20. The molecule has 0 unspecified atom stereocenters. The number of hydrogen-bond donors (Lipinski definition) is 1. The lowest BCUT2D eigenvalue weighted by atomic mass is 9.99. The van der Waals surface area contributed by atoms with Crippen molar-refractivity contribution in [3.8, 4) is 11.5 Å². The topological polar surface area (TPSA) is 67.9 Å². The summed E-state index contributed by atoms with van der Waals surface area (Å²) in [6.45, 7) is 1.24. The second kappa shape index (κ2) is 9.70. The van der Waals surface area contributed by atoms with Gasteiger partial charge in [0.2, 0.25) is 5.91 Å². The Morgan fingerprint density at radius 1 is 1.03 bits per heavy atom. The number of amides is 2. The number of hydrogen-bond acceptors (Lipinski definition) is 5. The van der Waals surface area contributed by atoms with Gasteiger partial charge in [0.05, 0.1) is 19.1 Å². The number of methoxy groups -OCH3 is 2. The first kappa shape index (κ1) is 21.6. The van der Waals surface area contributed by atoms with Crippen molar-refractivity contribution in [1.82, 2.24) is 4.90 Å². The summed E-state index contributed by atoms with van der Waals surface area (Å²) in [4.78, 5) is 27.7. The molecule has 2 aromatic carbocycles. The number of benzene rings is 2. The van der Waals surface area contributed by atoms with E-state index < -0.39 is 0 Å². The van der Waals surface area contributed by atoms with Crippen LogP contribution in [0.25, 0.3) is 6.08 Å². The fourth-order valence-electron chi connectivity index (χ4n) is 3.68. The molecule has 0 spiro atoms. The van der Waals surface area contributed by atoms with Crippen LogP contribution in [-0.2, 0) is 17.8 Å². The minimum Gasteiger partial charge on any atom is -0.493 e. The average molecular weight is 449 g/mol. The quantitative estimate of drug-likeness (QED) is 0.559. The molecule has 0 saturated heterocycles. The maximum Gasteiger partial charge on any atom is 0.264 e. The van der Waals surface area contributed by atoms with Crippen LogP contribution in [0.5, 0.6) is 11.5 Å². The van der Waals surface area contributed by atoms with Gasteiger partial charge in [-0.25, -0.2) is 0 Å². The number of nitrogens with one attached hydrogen (secondary N) is 1. The number of fused-ring (bicyclic) bond motifs is 1. The highest BCUT2D eigenvalue weighted by Crippen LogP contribution is 2.28. The largest absolute Gasteiger partial charge is 0.493 e. The Labute approximate surface area is 191 Å². The van der Waals surface area contributed by atoms with E-state index in [-0.39, 0.29) is 11.8 Å². The molecule has 3 aromatic rings. The lowest BCUT2D eigenvalue weighted by Crippen LogP contribution is -2.35. The second-order valence-electron chi connectivity index (χ2n) is 7.37. The SMILES string of the molecule is COc1ccc(/C=C/C(=O)Nc2ccc3c(c2)CN(C(=O)c2cccs2)CC3)cc1OC. The first-order valence-electron chi connectivity index (χ1n) is 10.2. The van der Waals surface area contributed by atoms with Crippen LogP contribution in [-0.4, -0.2) is 37.5 Å². The van der Waals surface area contributed by atoms with Crippen LogP contribution in [0.1, 0.15) is 26.4 Å². The summed E-state index contributed by atoms with van der Waals surface area (Å²) in [6, 6.07) is 15.1. The number of carbonyl (C=O) groups is 2. The molecule has 0 bridgehead atoms. The number of anilines is 1. The van der Waals surface area contributed by atoms with Crippen LogP contribution < -0.4 is 14.8 Å². The Bertz CT molecular complexity index is 1150. The van der Waals surface area contributed by atoms with Gasteiger partial charge >= 0.3 is 0 Å². The van der Waals surface area contributed by atoms with Gasteiger partial charge < -0.3 is 19.7 Å². The van der Waals surface area contributed by atoms with Crippen molar-refractivity contribution in [2.24, 2.45) is 0 Å². The molecule has 0 aliphatic carbocycles. The Morgan fingerprint density at radius 3 is 2.62 bits per heavy atom. The first-order valence-corrected chi connectivity index (χ1v) is 11.1. The Hall–Kier alpha value is -3.58. The minimum absolute atomic E-state index is 0.0536. The Balaban J connectivity index is 1.42. The molecule has 0 radical (unpaired) electrons. The van der Waals surface area contributed by atoms with Gasteiger partial charge in [-0.3, -0.25) is 9.59 Å². The van der Waals surface area contributed by atoms with Crippen LogP contribution in [0.3, 0.4) is 0 Å². The van der Waals surface area contributed by atoms with Gasteiger partial charge in [0.15, 0.2) is 11.5 Å². The van der Waals surface area contributed by atoms with Crippen molar-refractivity contribution >= 4 is 34.9 Å². The number of carbonyl (C=O) groups excluding carboxylic acids is 2. The highest BCUT2D eigenvalue weighted by molar-refractivity contribution is 7.12. The third kappa shape index (κ3) is 4.84. The monoisotopic (exact) mass is 448 g/mol. The molecule has 2 heterocycles. The maximum atomic E-state index is 12.7. The van der Waals surface area contributed by atoms with Crippen molar-refractivity contribution in [2.75, 3.05) is 26.1 Å². The zero-order valence-electron chi connectivity index (χ0n) is 18.0. The summed E-state index contributed by atoms with van der Waals surface area (Å²) < 4.78 is 10.5. The smallest absolute Gasteiger partial charge is 0.264 e. The zero-order chi connectivity index (χ0) is 22.5. The van der Waals surface area contributed by atoms with E-state index in [0.717, 1.165) is 22.4 Å². The summed E-state index contributed by atoms with van der Waals surface area (Å²) in [5.41, 5.74) is 3.80. The molecule has 7 heteroatoms. The van der Waals surface area contributed by atoms with Crippen LogP contribution in [0, 0.1) is 0 Å². The Morgan fingerprint density at radius 2 is 1.88 bits per heavy atom. The number of ether oxygens (including phenoxy) is 2. The molecule has 1 aromatic heterocycles. The van der Waals surface area contributed by atoms with E-state index in [2.05, 4.69) is 5.32 Å². The molecule has 0 atom stereocenters. The van der Waals surface area contributed by atoms with E-state index in [9.17, 15) is 9.59 Å². The lowest BCUT2D eigenvalue weighted by molar-refractivity contribution is -0.111. The van der Waals surface area contributed by atoms with Crippen molar-refractivity contribution in [1.29, 1.82) is 0 Å². The van der Waals surface area contributed by atoms with Gasteiger partial charge in [0.25, 0.3) is 5.91 Å². The summed E-state index contributed by atoms with van der Waals surface area (Å²) in [6.07, 6.45) is 4.00. The van der Waals surface area contributed by atoms with Crippen LogP contribution >= 0.6 is 11.3 Å². The molecule has 2 amide bonds. The van der Waals surface area contributed by atoms with Crippen LogP contribution in [0.15, 0.2) is 60.0 Å². The van der Waals surface area contributed by atoms with Crippen LogP contribution in [0.2, 0.25) is 0 Å². The van der Waals surface area contributed by atoms with Crippen molar-refractivity contribution in [2.45, 2.75) is 13.0 Å². The van der Waals surface area contributed by atoms with Crippen LogP contribution in [0.4, 0.5) is 5.69 Å². The van der Waals surface area contributed by atoms with Gasteiger partial charge in [0.1, 0.15) is 0 Å². The molecule has 4 rings (SSSR count). The van der Waals surface area contributed by atoms with Gasteiger partial charge in [-0.15, -0.1) is 11.3 Å². The molecule has 0 fully saturated rings. The maximum absolute atomic E-state index is 12.7. The van der Waals surface area contributed by atoms with Crippen molar-refractivity contribution in [3.05, 3.63) is 81.6 Å². The lowest BCUT2D eigenvalue weighted by Gasteiger charge is -2.29. The summed E-state index contributed by atoms with van der Waals surface area (Å²) in [7, 11) is 3.15. The number of nitrogens with zero attached hydrogens (tertiary/aromatic N) is 1. The molecular weight excluding hydrogens is 424 g/mol. The van der Waals surface area contributed by atoms with Gasteiger partial charge in [0, 0.05) is 24.9 Å². The molecule has 6 nitrogen and oxygen atoms in total. The van der Waals surface area contributed by atoms with Gasteiger partial charge in [-0.2, -0.15) is 0 Å². The summed E-state index contributed by atoms with van der Waals surface area (Å²) in [5, 5.41) is 4.81. The molecule has 164 valence electrons. The third-order valence-electron chi connectivity index (χ3n) is 5.34. The molecule has 1 aliphatic heterocycles. The fourth-order valence-corrected chi connectivity index (χ4v) is 4.37. The van der Waals surface area contributed by atoms with Gasteiger partial charge in [-0.05, 0) is 64.9 Å². The van der Waals surface area contributed by atoms with E-state index in [0.29, 0.717) is 30.3 Å². The highest BCUT2D eigenvalue weighted by Gasteiger charge is 2.22. The summed E-state index contributed by atoms with van der Waals surface area (Å²) in [5.74, 6) is 1.06. The molecule has 1 N–H and O–H groups in total. The normalized spacial score (nSPS) is 13.0. The molecule has 32 heavy (non-hydrogen) atoms. The Kier molecular flexibility index (Phi) is 6.56. The standard InChI is InChI=1S/C25H24N2O4S/c1-30-21-9-5-17(14-22(21)31-2)6-10-24(28)26-20-8-7-18-11-12-27(16-19(18)15-20)25(29)23-4-3-13-32-23/h3-10,13-15H,11-12,16H2,1-2H3,(H,26,28)/b10-6+. The van der Waals surface area contributed by atoms with E-state index in [1.807, 2.05) is 46.7 Å². The first-order chi connectivity index (χ1) is 15.6. The number of thiophene rings is 1. The number of rotatable bonds is 6. The average Bonchev–Trinajstić information content (AvgIpc) is 3.36. The molecule has 1 aliphatic rings. The predicted octanol–water partition coefficient (Wildman–Crippen LogP) is 4.62. The van der Waals surface area contributed by atoms with Crippen molar-refractivity contribution < 1.29 is 19.1 Å². The van der Waals surface area contributed by atoms with E-state index in [4.69, 9.17) is 9.47 Å². The van der Waals surface area contributed by atoms with Crippen molar-refractivity contribution in [3.63, 3.8) is 0 Å². The minimum atomic E-state index is -0.234. The molecule has 0 saturated carbocycles. The molecular formula is C25H24N2O4S. The van der Waals surface area contributed by atoms with E-state index >= 15 is 0 Å². The van der Waals surface area contributed by atoms with Gasteiger partial charge in [-0.1, -0.05) is 18.2 Å². The zero-order valence-corrected chi connectivity index (χ0v) is 18.8. The summed E-state index contributed by atoms with van der Waals surface area (Å²) >= 11 is 1.45.